The fourth-order valence-electron chi connectivity index (χ4n) is 2.72. The molecule has 4 nitrogen and oxygen atoms in total. The predicted molar refractivity (Wildman–Crippen MR) is 122 cm³/mol. The minimum atomic E-state index is -0.823. The minimum absolute atomic E-state index is 0.171. The second kappa shape index (κ2) is 11.2. The van der Waals surface area contributed by atoms with E-state index in [-0.39, 0.29) is 6.61 Å². The van der Waals surface area contributed by atoms with Crippen LogP contribution in [-0.4, -0.2) is 23.1 Å². The van der Waals surface area contributed by atoms with E-state index in [9.17, 15) is 9.90 Å². The van der Waals surface area contributed by atoms with Crippen molar-refractivity contribution in [1.29, 1.82) is 0 Å². The fraction of sp³-hybridized carbons (Fsp3) is 0.160. The van der Waals surface area contributed by atoms with Gasteiger partial charge in [-0.05, 0) is 30.2 Å². The van der Waals surface area contributed by atoms with Crippen LogP contribution in [0.4, 0.5) is 4.79 Å². The Balaban J connectivity index is 1.72. The topological polar surface area (TPSA) is 58.9 Å². The van der Waals surface area contributed by atoms with Gasteiger partial charge in [-0.3, -0.25) is 0 Å². The van der Waals surface area contributed by atoms with Crippen LogP contribution in [-0.2, 0) is 22.0 Å². The van der Waals surface area contributed by atoms with Crippen molar-refractivity contribution in [3.8, 4) is 0 Å². The maximum absolute atomic E-state index is 12.3. The summed E-state index contributed by atoms with van der Waals surface area (Å²) < 4.78 is 9.58. The molecule has 30 heavy (non-hydrogen) atoms. The molecular formula is C25H25NO3S. The molecule has 0 fully saturated rings. The smallest absolute Gasteiger partial charge is 0.440 e. The molecule has 0 aliphatic carbocycles. The molecule has 3 aromatic carbocycles. The zero-order chi connectivity index (χ0) is 21.2. The first kappa shape index (κ1) is 21.7. The standard InChI is InChI=1S/C25H25NO3S/c1-20-12-16-24(17-13-20)30(19-23(27)15-14-21-8-4-2-5-9-21)26-25(28)29-18-22-10-6-3-7-11-22/h2-17,23,27H,18-19H2,1H3/b15-14-/t23-,30+/m0/s1. The van der Waals surface area contributed by atoms with Gasteiger partial charge in [0.25, 0.3) is 0 Å². The van der Waals surface area contributed by atoms with Gasteiger partial charge in [0.05, 0.1) is 6.10 Å². The second-order valence-electron chi connectivity index (χ2n) is 6.81. The number of carbonyl (C=O) groups excluding carboxylic acids is 1. The summed E-state index contributed by atoms with van der Waals surface area (Å²) in [6, 6.07) is 27.1. The average molecular weight is 420 g/mol. The summed E-state index contributed by atoms with van der Waals surface area (Å²) in [6.07, 6.45) is 2.24. The Hall–Kier alpha value is -3.02. The molecule has 0 spiro atoms. The van der Waals surface area contributed by atoms with Crippen molar-refractivity contribution in [2.75, 3.05) is 5.75 Å². The summed E-state index contributed by atoms with van der Waals surface area (Å²) >= 11 is 0. The van der Waals surface area contributed by atoms with Crippen LogP contribution in [0, 0.1) is 6.92 Å². The van der Waals surface area contributed by atoms with Crippen molar-refractivity contribution in [1.82, 2.24) is 0 Å². The van der Waals surface area contributed by atoms with E-state index in [1.54, 1.807) is 6.08 Å². The first-order chi connectivity index (χ1) is 14.6. The average Bonchev–Trinajstić information content (AvgIpc) is 2.78. The van der Waals surface area contributed by atoms with E-state index in [2.05, 4.69) is 4.36 Å². The van der Waals surface area contributed by atoms with Gasteiger partial charge in [-0.1, -0.05) is 101 Å². The van der Waals surface area contributed by atoms with Crippen LogP contribution in [0.3, 0.4) is 0 Å². The zero-order valence-electron chi connectivity index (χ0n) is 16.8. The molecule has 0 heterocycles. The number of ether oxygens (including phenoxy) is 1. The predicted octanol–water partition coefficient (Wildman–Crippen LogP) is 5.57. The molecule has 1 N–H and O–H groups in total. The number of rotatable bonds is 7. The van der Waals surface area contributed by atoms with E-state index in [4.69, 9.17) is 4.74 Å². The Labute approximate surface area is 180 Å². The number of hydrogen-bond donors (Lipinski definition) is 1. The Bertz CT molecular complexity index is 1000. The van der Waals surface area contributed by atoms with E-state index in [1.807, 2.05) is 97.9 Å². The number of nitrogens with zero attached hydrogens (tertiary/aromatic N) is 1. The SMILES string of the molecule is Cc1ccc(/[S@@](C[C@@H](O)/C=C\c2ccccc2)=N/C(=O)OCc2ccccc2)cc1. The van der Waals surface area contributed by atoms with Crippen LogP contribution in [0.5, 0.6) is 0 Å². The molecular weight excluding hydrogens is 394 g/mol. The number of carbonyl (C=O) groups is 1. The summed E-state index contributed by atoms with van der Waals surface area (Å²) in [5.41, 5.74) is 3.03. The molecule has 2 atom stereocenters. The molecule has 0 aliphatic heterocycles. The van der Waals surface area contributed by atoms with Crippen molar-refractivity contribution in [3.63, 3.8) is 0 Å². The van der Waals surface area contributed by atoms with E-state index in [0.29, 0.717) is 5.75 Å². The van der Waals surface area contributed by atoms with E-state index < -0.39 is 22.9 Å². The molecule has 0 aliphatic rings. The largest absolute Gasteiger partial charge is 0.443 e. The van der Waals surface area contributed by atoms with Crippen molar-refractivity contribution in [2.45, 2.75) is 24.5 Å². The number of aliphatic hydroxyl groups excluding tert-OH is 1. The molecule has 154 valence electrons. The highest BCUT2D eigenvalue weighted by atomic mass is 32.2. The van der Waals surface area contributed by atoms with Gasteiger partial charge in [0.2, 0.25) is 0 Å². The molecule has 3 rings (SSSR count). The van der Waals surface area contributed by atoms with Crippen LogP contribution < -0.4 is 0 Å². The number of hydrogen-bond acceptors (Lipinski definition) is 3. The van der Waals surface area contributed by atoms with Crippen LogP contribution in [0.1, 0.15) is 16.7 Å². The highest BCUT2D eigenvalue weighted by Gasteiger charge is 2.11. The Morgan fingerprint density at radius 1 is 1.00 bits per heavy atom. The molecule has 0 unspecified atom stereocenters. The Morgan fingerprint density at radius 3 is 2.30 bits per heavy atom. The van der Waals surface area contributed by atoms with E-state index in [1.165, 1.54) is 0 Å². The lowest BCUT2D eigenvalue weighted by Crippen LogP contribution is -2.15. The number of amides is 1. The molecule has 0 bridgehead atoms. The summed E-state index contributed by atoms with van der Waals surface area (Å²) in [6.45, 7) is 2.18. The summed E-state index contributed by atoms with van der Waals surface area (Å²) in [7, 11) is -0.823. The van der Waals surface area contributed by atoms with Gasteiger partial charge in [0.1, 0.15) is 6.61 Å². The molecule has 0 aromatic heterocycles. The lowest BCUT2D eigenvalue weighted by atomic mass is 10.2. The molecule has 3 aromatic rings. The summed E-state index contributed by atoms with van der Waals surface area (Å²) in [5.74, 6) is 0.312. The minimum Gasteiger partial charge on any atom is -0.443 e. The third-order valence-electron chi connectivity index (χ3n) is 4.32. The lowest BCUT2D eigenvalue weighted by Gasteiger charge is -2.12. The zero-order valence-corrected chi connectivity index (χ0v) is 17.7. The molecule has 1 amide bonds. The van der Waals surface area contributed by atoms with Gasteiger partial charge < -0.3 is 9.84 Å². The molecule has 5 heteroatoms. The molecule has 0 radical (unpaired) electrons. The van der Waals surface area contributed by atoms with Crippen LogP contribution in [0.15, 0.2) is 100 Å². The van der Waals surface area contributed by atoms with Crippen molar-refractivity contribution in [2.24, 2.45) is 4.36 Å². The van der Waals surface area contributed by atoms with E-state index >= 15 is 0 Å². The van der Waals surface area contributed by atoms with Crippen molar-refractivity contribution >= 4 is 22.9 Å². The number of aryl methyl sites for hydroxylation is 1. The normalized spacial score (nSPS) is 13.3. The third kappa shape index (κ3) is 7.10. The van der Waals surface area contributed by atoms with Crippen LogP contribution >= 0.6 is 0 Å². The fourth-order valence-corrected chi connectivity index (χ4v) is 4.21. The first-order valence-corrected chi connectivity index (χ1v) is 11.1. The maximum Gasteiger partial charge on any atom is 0.440 e. The third-order valence-corrected chi connectivity index (χ3v) is 6.16. The van der Waals surface area contributed by atoms with Crippen molar-refractivity contribution < 1.29 is 14.6 Å². The molecule has 0 saturated heterocycles. The maximum atomic E-state index is 12.3. The highest BCUT2D eigenvalue weighted by Crippen LogP contribution is 2.14. The monoisotopic (exact) mass is 419 g/mol. The summed E-state index contributed by atoms with van der Waals surface area (Å²) in [4.78, 5) is 13.2. The Kier molecular flexibility index (Phi) is 8.12. The van der Waals surface area contributed by atoms with Gasteiger partial charge in [-0.2, -0.15) is 0 Å². The van der Waals surface area contributed by atoms with Gasteiger partial charge in [0.15, 0.2) is 0 Å². The van der Waals surface area contributed by atoms with Gasteiger partial charge in [0, 0.05) is 10.6 Å². The van der Waals surface area contributed by atoms with Gasteiger partial charge in [-0.25, -0.2) is 4.79 Å². The lowest BCUT2D eigenvalue weighted by molar-refractivity contribution is 0.151. The Morgan fingerprint density at radius 2 is 1.63 bits per heavy atom. The van der Waals surface area contributed by atoms with Crippen LogP contribution in [0.2, 0.25) is 0 Å². The van der Waals surface area contributed by atoms with Crippen LogP contribution in [0.25, 0.3) is 6.08 Å². The number of aliphatic hydroxyl groups is 1. The highest BCUT2D eigenvalue weighted by molar-refractivity contribution is 7.87. The van der Waals surface area contributed by atoms with Gasteiger partial charge in [-0.15, -0.1) is 4.36 Å². The quantitative estimate of drug-likeness (QED) is 0.545. The summed E-state index contributed by atoms with van der Waals surface area (Å²) in [5, 5.41) is 10.5. The van der Waals surface area contributed by atoms with Gasteiger partial charge >= 0.3 is 6.09 Å². The number of benzene rings is 3. The molecule has 0 saturated carbocycles. The van der Waals surface area contributed by atoms with E-state index in [0.717, 1.165) is 21.6 Å². The van der Waals surface area contributed by atoms with Crippen molar-refractivity contribution in [3.05, 3.63) is 108 Å². The first-order valence-electron chi connectivity index (χ1n) is 9.71. The second-order valence-corrected chi connectivity index (χ2v) is 8.53.